The maximum atomic E-state index is 12.6. The quantitative estimate of drug-likeness (QED) is 0.227. The number of amides is 1. The van der Waals surface area contributed by atoms with Crippen molar-refractivity contribution in [3.63, 3.8) is 0 Å². The fourth-order valence-electron chi connectivity index (χ4n) is 5.11. The average Bonchev–Trinajstić information content (AvgIpc) is 3.37. The largest absolute Gasteiger partial charge is 0.494 e. The van der Waals surface area contributed by atoms with Crippen molar-refractivity contribution in [2.75, 3.05) is 25.5 Å². The number of fused-ring (bicyclic) bond motifs is 2. The number of nitrogens with zero attached hydrogens (tertiary/aromatic N) is 6. The number of hydrogen-bond acceptors (Lipinski definition) is 9. The maximum Gasteiger partial charge on any atom is 0.410 e. The molecule has 1 aliphatic rings. The lowest BCUT2D eigenvalue weighted by Crippen LogP contribution is -2.39. The van der Waals surface area contributed by atoms with Gasteiger partial charge in [0.25, 0.3) is 0 Å². The van der Waals surface area contributed by atoms with Crippen LogP contribution in [0.15, 0.2) is 61.2 Å². The number of imidazole rings is 1. The van der Waals surface area contributed by atoms with E-state index >= 15 is 0 Å². The molecule has 6 rings (SSSR count). The first-order valence-electron chi connectivity index (χ1n) is 14.4. The summed E-state index contributed by atoms with van der Waals surface area (Å²) in [5, 5.41) is 3.41. The monoisotopic (exact) mass is 593 g/mol. The zero-order valence-corrected chi connectivity index (χ0v) is 25.7. The van der Waals surface area contributed by atoms with Gasteiger partial charge in [0.1, 0.15) is 40.4 Å². The second-order valence-corrected chi connectivity index (χ2v) is 11.7. The van der Waals surface area contributed by atoms with Crippen LogP contribution >= 0.6 is 0 Å². The average molecular weight is 594 g/mol. The van der Waals surface area contributed by atoms with Crippen LogP contribution in [0.4, 0.5) is 16.3 Å². The van der Waals surface area contributed by atoms with Crippen molar-refractivity contribution >= 4 is 45.2 Å². The zero-order valence-electron chi connectivity index (χ0n) is 25.7. The highest BCUT2D eigenvalue weighted by Crippen LogP contribution is 2.35. The number of carbonyl (C=O) groups excluding carboxylic acids is 1. The standard InChI is InChI=1S/C33H35N7O4/c1-20-15-22(7-10-27(20)43-23-8-9-26-24(16-23)36-19-39(26)5)37-31-30-25(34-18-35-31)17-28(42-6)29(38-30)21-11-13-40(14-12-21)32(41)44-33(2,3)4/h7-11,15-19H,12-14H2,1-6H3,(H,34,35,37). The van der Waals surface area contributed by atoms with Crippen LogP contribution in [0.5, 0.6) is 17.2 Å². The van der Waals surface area contributed by atoms with Crippen LogP contribution in [-0.2, 0) is 11.8 Å². The predicted molar refractivity (Wildman–Crippen MR) is 170 cm³/mol. The third-order valence-electron chi connectivity index (χ3n) is 7.32. The Morgan fingerprint density at radius 2 is 1.84 bits per heavy atom. The van der Waals surface area contributed by atoms with Crippen molar-refractivity contribution in [2.24, 2.45) is 7.05 Å². The van der Waals surface area contributed by atoms with E-state index in [4.69, 9.17) is 19.2 Å². The van der Waals surface area contributed by atoms with Crippen molar-refractivity contribution in [3.05, 3.63) is 72.5 Å². The molecule has 0 bridgehead atoms. The molecule has 1 aliphatic heterocycles. The summed E-state index contributed by atoms with van der Waals surface area (Å²) in [5.74, 6) is 2.65. The van der Waals surface area contributed by atoms with Gasteiger partial charge in [-0.05, 0) is 75.6 Å². The predicted octanol–water partition coefficient (Wildman–Crippen LogP) is 6.79. The Balaban J connectivity index is 1.24. The van der Waals surface area contributed by atoms with E-state index in [2.05, 4.69) is 20.3 Å². The van der Waals surface area contributed by atoms with Gasteiger partial charge in [-0.25, -0.2) is 24.7 Å². The van der Waals surface area contributed by atoms with E-state index < -0.39 is 5.60 Å². The Labute approximate surface area is 255 Å². The minimum absolute atomic E-state index is 0.327. The number of aryl methyl sites for hydroxylation is 2. The van der Waals surface area contributed by atoms with Crippen LogP contribution in [0.3, 0.4) is 0 Å². The molecule has 0 saturated heterocycles. The minimum Gasteiger partial charge on any atom is -0.494 e. The van der Waals surface area contributed by atoms with Gasteiger partial charge in [-0.15, -0.1) is 0 Å². The summed E-state index contributed by atoms with van der Waals surface area (Å²) in [7, 11) is 3.58. The van der Waals surface area contributed by atoms with E-state index in [-0.39, 0.29) is 6.09 Å². The van der Waals surface area contributed by atoms with E-state index in [1.807, 2.05) is 87.9 Å². The number of methoxy groups -OCH3 is 1. The lowest BCUT2D eigenvalue weighted by Gasteiger charge is -2.29. The number of pyridine rings is 1. The molecular formula is C33H35N7O4. The Morgan fingerprint density at radius 1 is 1.00 bits per heavy atom. The Morgan fingerprint density at radius 3 is 2.57 bits per heavy atom. The molecule has 11 nitrogen and oxygen atoms in total. The number of hydrogen-bond donors (Lipinski definition) is 1. The van der Waals surface area contributed by atoms with E-state index in [0.29, 0.717) is 47.8 Å². The topological polar surface area (TPSA) is 117 Å². The second-order valence-electron chi connectivity index (χ2n) is 11.7. The molecule has 5 aromatic rings. The fourth-order valence-corrected chi connectivity index (χ4v) is 5.11. The number of aromatic nitrogens is 5. The Hall–Kier alpha value is -5.19. The van der Waals surface area contributed by atoms with Gasteiger partial charge in [0.2, 0.25) is 0 Å². The highest BCUT2D eigenvalue weighted by Gasteiger charge is 2.25. The molecule has 0 atom stereocenters. The molecule has 0 unspecified atom stereocenters. The highest BCUT2D eigenvalue weighted by molar-refractivity contribution is 5.90. The molecule has 0 aliphatic carbocycles. The van der Waals surface area contributed by atoms with Crippen LogP contribution in [0, 0.1) is 6.92 Å². The molecule has 1 N–H and O–H groups in total. The lowest BCUT2D eigenvalue weighted by atomic mass is 10.0. The van der Waals surface area contributed by atoms with Gasteiger partial charge >= 0.3 is 6.09 Å². The summed E-state index contributed by atoms with van der Waals surface area (Å²) < 4.78 is 19.4. The van der Waals surface area contributed by atoms with Crippen molar-refractivity contribution in [2.45, 2.75) is 39.7 Å². The van der Waals surface area contributed by atoms with Crippen LogP contribution in [0.25, 0.3) is 27.6 Å². The molecule has 4 heterocycles. The van der Waals surface area contributed by atoms with E-state index in [1.165, 1.54) is 6.33 Å². The van der Waals surface area contributed by atoms with Gasteiger partial charge < -0.3 is 29.0 Å². The molecule has 0 radical (unpaired) electrons. The van der Waals surface area contributed by atoms with Gasteiger partial charge in [-0.3, -0.25) is 0 Å². The molecule has 1 amide bonds. The number of carbonyl (C=O) groups is 1. The smallest absolute Gasteiger partial charge is 0.410 e. The van der Waals surface area contributed by atoms with Crippen LogP contribution in [-0.4, -0.2) is 61.3 Å². The Bertz CT molecular complexity index is 1910. The summed E-state index contributed by atoms with van der Waals surface area (Å²) in [4.78, 5) is 32.6. The van der Waals surface area contributed by atoms with E-state index in [0.717, 1.165) is 39.4 Å². The number of ether oxygens (including phenoxy) is 3. The molecule has 11 heteroatoms. The van der Waals surface area contributed by atoms with Crippen LogP contribution in [0.2, 0.25) is 0 Å². The fraction of sp³-hybridized carbons (Fsp3) is 0.303. The van der Waals surface area contributed by atoms with E-state index in [1.54, 1.807) is 18.3 Å². The number of rotatable bonds is 6. The molecule has 0 fully saturated rings. The first-order valence-corrected chi connectivity index (χ1v) is 14.4. The second kappa shape index (κ2) is 11.5. The zero-order chi connectivity index (χ0) is 31.0. The molecule has 226 valence electrons. The van der Waals surface area contributed by atoms with Crippen LogP contribution in [0.1, 0.15) is 38.4 Å². The van der Waals surface area contributed by atoms with Crippen molar-refractivity contribution in [1.29, 1.82) is 0 Å². The van der Waals surface area contributed by atoms with Crippen molar-refractivity contribution in [3.8, 4) is 17.2 Å². The minimum atomic E-state index is -0.547. The maximum absolute atomic E-state index is 12.6. The summed E-state index contributed by atoms with van der Waals surface area (Å²) in [5.41, 5.74) is 6.11. The van der Waals surface area contributed by atoms with Crippen molar-refractivity contribution in [1.82, 2.24) is 29.4 Å². The molecule has 44 heavy (non-hydrogen) atoms. The molecule has 3 aromatic heterocycles. The number of anilines is 2. The molecule has 0 spiro atoms. The number of benzene rings is 2. The third-order valence-corrected chi connectivity index (χ3v) is 7.32. The van der Waals surface area contributed by atoms with E-state index in [9.17, 15) is 4.79 Å². The number of nitrogens with one attached hydrogen (secondary N) is 1. The molecular weight excluding hydrogens is 558 g/mol. The molecule has 0 saturated carbocycles. The van der Waals surface area contributed by atoms with Gasteiger partial charge in [0.15, 0.2) is 5.82 Å². The summed E-state index contributed by atoms with van der Waals surface area (Å²) in [6, 6.07) is 13.6. The van der Waals surface area contributed by atoms with Gasteiger partial charge in [-0.1, -0.05) is 6.08 Å². The van der Waals surface area contributed by atoms with Gasteiger partial charge in [-0.2, -0.15) is 0 Å². The third kappa shape index (κ3) is 5.98. The highest BCUT2D eigenvalue weighted by atomic mass is 16.6. The normalized spacial score (nSPS) is 13.6. The summed E-state index contributed by atoms with van der Waals surface area (Å²) >= 11 is 0. The lowest BCUT2D eigenvalue weighted by molar-refractivity contribution is 0.0270. The Kier molecular flexibility index (Phi) is 7.54. The summed E-state index contributed by atoms with van der Waals surface area (Å²) in [6.07, 6.45) is 5.57. The first kappa shape index (κ1) is 28.9. The van der Waals surface area contributed by atoms with Crippen LogP contribution < -0.4 is 14.8 Å². The SMILES string of the molecule is COc1cc2ncnc(Nc3ccc(Oc4ccc5c(c4)ncn5C)c(C)c3)c2nc1C1=CCN(C(=O)OC(C)(C)C)CC1. The first-order chi connectivity index (χ1) is 21.1. The molecule has 2 aromatic carbocycles. The summed E-state index contributed by atoms with van der Waals surface area (Å²) in [6.45, 7) is 8.52. The van der Waals surface area contributed by atoms with Gasteiger partial charge in [0.05, 0.1) is 30.0 Å². The van der Waals surface area contributed by atoms with Crippen molar-refractivity contribution < 1.29 is 19.0 Å². The van der Waals surface area contributed by atoms with Gasteiger partial charge in [0, 0.05) is 38.0 Å².